The van der Waals surface area contributed by atoms with Crippen molar-refractivity contribution in [1.82, 2.24) is 20.5 Å². The van der Waals surface area contributed by atoms with E-state index in [4.69, 9.17) is 4.42 Å². The third-order valence-electron chi connectivity index (χ3n) is 4.53. The molecule has 2 amide bonds. The van der Waals surface area contributed by atoms with E-state index >= 15 is 0 Å². The molecule has 1 fully saturated rings. The molecule has 0 aromatic carbocycles. The average Bonchev–Trinajstić information content (AvgIpc) is 3.08. The van der Waals surface area contributed by atoms with Crippen LogP contribution in [0.2, 0.25) is 0 Å². The Morgan fingerprint density at radius 2 is 2.04 bits per heavy atom. The largest absolute Gasteiger partial charge is 0.435 e. The Morgan fingerprint density at radius 3 is 2.65 bits per heavy atom. The van der Waals surface area contributed by atoms with Crippen molar-refractivity contribution >= 4 is 11.8 Å². The van der Waals surface area contributed by atoms with Gasteiger partial charge in [-0.25, -0.2) is 4.98 Å². The molecule has 1 aromatic rings. The van der Waals surface area contributed by atoms with E-state index in [1.807, 2.05) is 14.0 Å². The lowest BCUT2D eigenvalue weighted by molar-refractivity contribution is -0.121. The van der Waals surface area contributed by atoms with E-state index in [0.29, 0.717) is 36.7 Å². The Hall–Kier alpha value is -1.89. The molecule has 1 aliphatic heterocycles. The molecule has 0 saturated carbocycles. The van der Waals surface area contributed by atoms with Crippen molar-refractivity contribution in [2.45, 2.75) is 51.6 Å². The quantitative estimate of drug-likeness (QED) is 0.811. The van der Waals surface area contributed by atoms with Gasteiger partial charge < -0.3 is 15.1 Å². The number of amides is 2. The van der Waals surface area contributed by atoms with E-state index in [1.165, 1.54) is 0 Å². The summed E-state index contributed by atoms with van der Waals surface area (Å²) >= 11 is 0. The Balaban J connectivity index is 1.87. The van der Waals surface area contributed by atoms with Crippen LogP contribution in [0.25, 0.3) is 0 Å². The Kier molecular flexibility index (Phi) is 5.76. The molecule has 128 valence electrons. The van der Waals surface area contributed by atoms with E-state index < -0.39 is 0 Å². The summed E-state index contributed by atoms with van der Waals surface area (Å²) < 4.78 is 5.47. The van der Waals surface area contributed by atoms with Gasteiger partial charge in [-0.3, -0.25) is 14.5 Å². The lowest BCUT2D eigenvalue weighted by atomic mass is 10.1. The minimum atomic E-state index is -0.224. The molecule has 0 aliphatic carbocycles. The van der Waals surface area contributed by atoms with Crippen LogP contribution in [0.5, 0.6) is 0 Å². The van der Waals surface area contributed by atoms with Gasteiger partial charge in [0.15, 0.2) is 5.89 Å². The van der Waals surface area contributed by atoms with Gasteiger partial charge in [0.25, 0.3) is 5.91 Å². The number of oxazole rings is 1. The lowest BCUT2D eigenvalue weighted by Crippen LogP contribution is -2.42. The molecule has 2 heterocycles. The Labute approximate surface area is 136 Å². The van der Waals surface area contributed by atoms with Crippen LogP contribution in [0.3, 0.4) is 0 Å². The van der Waals surface area contributed by atoms with E-state index in [9.17, 15) is 9.59 Å². The maximum Gasteiger partial charge on any atom is 0.289 e. The third-order valence-corrected chi connectivity index (χ3v) is 4.53. The van der Waals surface area contributed by atoms with Crippen LogP contribution in [0.1, 0.15) is 48.3 Å². The summed E-state index contributed by atoms with van der Waals surface area (Å²) in [4.78, 5) is 30.1. The molecule has 0 unspecified atom stereocenters. The van der Waals surface area contributed by atoms with Crippen LogP contribution in [0, 0.1) is 6.92 Å². The van der Waals surface area contributed by atoms with Crippen LogP contribution >= 0.6 is 0 Å². The van der Waals surface area contributed by atoms with Crippen molar-refractivity contribution in [2.75, 3.05) is 20.6 Å². The van der Waals surface area contributed by atoms with Gasteiger partial charge in [-0.05, 0) is 26.8 Å². The second-order valence-corrected chi connectivity index (χ2v) is 6.01. The molecule has 0 bridgehead atoms. The molecule has 2 atom stereocenters. The number of nitrogens with zero attached hydrogens (tertiary/aromatic N) is 2. The number of hydrogen-bond donors (Lipinski definition) is 2. The highest BCUT2D eigenvalue weighted by Crippen LogP contribution is 2.24. The van der Waals surface area contributed by atoms with Crippen molar-refractivity contribution in [1.29, 1.82) is 0 Å². The van der Waals surface area contributed by atoms with Crippen molar-refractivity contribution in [2.24, 2.45) is 0 Å². The molecule has 2 N–H and O–H groups in total. The number of aromatic nitrogens is 1. The van der Waals surface area contributed by atoms with Crippen molar-refractivity contribution in [3.63, 3.8) is 0 Å². The zero-order valence-electron chi connectivity index (χ0n) is 14.3. The number of hydrogen-bond acceptors (Lipinski definition) is 5. The number of likely N-dealkylation sites (tertiary alicyclic amines) is 1. The van der Waals surface area contributed by atoms with Gasteiger partial charge in [0.05, 0.1) is 5.69 Å². The summed E-state index contributed by atoms with van der Waals surface area (Å²) in [6.45, 7) is 4.26. The van der Waals surface area contributed by atoms with E-state index in [1.54, 1.807) is 14.0 Å². The van der Waals surface area contributed by atoms with Gasteiger partial charge in [0, 0.05) is 38.5 Å². The van der Waals surface area contributed by atoms with Crippen molar-refractivity contribution < 1.29 is 14.0 Å². The molecule has 0 radical (unpaired) electrons. The minimum absolute atomic E-state index is 0.0518. The van der Waals surface area contributed by atoms with Gasteiger partial charge in [-0.15, -0.1) is 0 Å². The highest BCUT2D eigenvalue weighted by Gasteiger charge is 2.32. The predicted octanol–water partition coefficient (Wildman–Crippen LogP) is 0.874. The van der Waals surface area contributed by atoms with Crippen LogP contribution in [0.4, 0.5) is 0 Å². The first-order valence-electron chi connectivity index (χ1n) is 8.13. The van der Waals surface area contributed by atoms with Crippen LogP contribution in [-0.4, -0.2) is 54.4 Å². The first kappa shape index (κ1) is 17.5. The predicted molar refractivity (Wildman–Crippen MR) is 86.2 cm³/mol. The van der Waals surface area contributed by atoms with Gasteiger partial charge >= 0.3 is 0 Å². The molecule has 7 nitrogen and oxygen atoms in total. The van der Waals surface area contributed by atoms with Crippen LogP contribution < -0.4 is 10.6 Å². The van der Waals surface area contributed by atoms with Crippen molar-refractivity contribution in [3.05, 3.63) is 17.3 Å². The number of aryl methyl sites for hydroxylation is 2. The normalized spacial score (nSPS) is 21.4. The summed E-state index contributed by atoms with van der Waals surface area (Å²) in [6, 6.07) is 0.470. The second kappa shape index (κ2) is 7.59. The van der Waals surface area contributed by atoms with Crippen molar-refractivity contribution in [3.8, 4) is 0 Å². The maximum atomic E-state index is 12.2. The molecular formula is C16H26N4O3. The topological polar surface area (TPSA) is 87.5 Å². The summed E-state index contributed by atoms with van der Waals surface area (Å²) in [5.74, 6) is 0.703. The number of carbonyl (C=O) groups excluding carboxylic acids is 2. The molecule has 1 aliphatic rings. The van der Waals surface area contributed by atoms with E-state index in [2.05, 4.69) is 20.5 Å². The Bertz CT molecular complexity index is 570. The first-order chi connectivity index (χ1) is 11.0. The Morgan fingerprint density at radius 1 is 1.35 bits per heavy atom. The second-order valence-electron chi connectivity index (χ2n) is 6.01. The summed E-state index contributed by atoms with van der Waals surface area (Å²) in [7, 11) is 3.66. The SMILES string of the molecule is CCc1nc(C)c(C(=O)NC[C@@H]2CC[C@H](CC(=O)NC)N2C)o1. The molecule has 1 saturated heterocycles. The summed E-state index contributed by atoms with van der Waals surface area (Å²) in [6.07, 6.45) is 3.10. The number of nitrogens with one attached hydrogen (secondary N) is 2. The standard InChI is InChI=1S/C16H26N4O3/c1-5-14-19-10(2)15(23-14)16(22)18-9-12-7-6-11(20(12)4)8-13(21)17-3/h11-12H,5-9H2,1-4H3,(H,17,21)(H,18,22)/t11-,12+/m1/s1. The van der Waals surface area contributed by atoms with Gasteiger partial charge in [-0.2, -0.15) is 0 Å². The summed E-state index contributed by atoms with van der Waals surface area (Å²) in [5.41, 5.74) is 0.622. The van der Waals surface area contributed by atoms with Gasteiger partial charge in [0.1, 0.15) is 0 Å². The zero-order chi connectivity index (χ0) is 17.0. The maximum absolute atomic E-state index is 12.2. The fourth-order valence-electron chi connectivity index (χ4n) is 3.00. The minimum Gasteiger partial charge on any atom is -0.435 e. The molecular weight excluding hydrogens is 296 g/mol. The number of carbonyl (C=O) groups is 2. The number of likely N-dealkylation sites (N-methyl/N-ethyl adjacent to an activating group) is 1. The van der Waals surface area contributed by atoms with Gasteiger partial charge in [0.2, 0.25) is 11.7 Å². The monoisotopic (exact) mass is 322 g/mol. The first-order valence-corrected chi connectivity index (χ1v) is 8.13. The van der Waals surface area contributed by atoms with Crippen LogP contribution in [0.15, 0.2) is 4.42 Å². The highest BCUT2D eigenvalue weighted by molar-refractivity contribution is 5.92. The molecule has 23 heavy (non-hydrogen) atoms. The molecule has 0 spiro atoms. The van der Waals surface area contributed by atoms with E-state index in [0.717, 1.165) is 12.8 Å². The van der Waals surface area contributed by atoms with E-state index in [-0.39, 0.29) is 23.9 Å². The smallest absolute Gasteiger partial charge is 0.289 e. The third kappa shape index (κ3) is 4.10. The highest BCUT2D eigenvalue weighted by atomic mass is 16.4. The fourth-order valence-corrected chi connectivity index (χ4v) is 3.00. The summed E-state index contributed by atoms with van der Waals surface area (Å²) in [5, 5.41) is 5.58. The van der Waals surface area contributed by atoms with Gasteiger partial charge in [-0.1, -0.05) is 6.92 Å². The zero-order valence-corrected chi connectivity index (χ0v) is 14.3. The van der Waals surface area contributed by atoms with Crippen LogP contribution in [-0.2, 0) is 11.2 Å². The average molecular weight is 322 g/mol. The molecule has 1 aromatic heterocycles. The lowest BCUT2D eigenvalue weighted by Gasteiger charge is -2.25. The fraction of sp³-hybridized carbons (Fsp3) is 0.688. The molecule has 2 rings (SSSR count). The molecule has 7 heteroatoms. The number of rotatable bonds is 6.